The zero-order chi connectivity index (χ0) is 8.43. The summed E-state index contributed by atoms with van der Waals surface area (Å²) in [4.78, 5) is 10.4. The summed E-state index contributed by atoms with van der Waals surface area (Å²) in [5, 5.41) is 12.3. The van der Waals surface area contributed by atoms with E-state index in [1.165, 1.54) is 10.9 Å². The van der Waals surface area contributed by atoms with Crippen LogP contribution in [-0.4, -0.2) is 20.9 Å². The topological polar surface area (TPSA) is 55.1 Å². The van der Waals surface area contributed by atoms with Crippen molar-refractivity contribution in [3.63, 3.8) is 0 Å². The first-order valence-corrected chi connectivity index (χ1v) is 3.02. The fourth-order valence-corrected chi connectivity index (χ4v) is 0.701. The van der Waals surface area contributed by atoms with Crippen molar-refractivity contribution in [1.82, 2.24) is 9.78 Å². The second kappa shape index (κ2) is 2.57. The van der Waals surface area contributed by atoms with Crippen LogP contribution in [0.5, 0.6) is 0 Å². The Morgan fingerprint density at radius 2 is 2.45 bits per heavy atom. The molecule has 58 valence electrons. The van der Waals surface area contributed by atoms with E-state index >= 15 is 0 Å². The molecule has 0 amide bonds. The van der Waals surface area contributed by atoms with Crippen molar-refractivity contribution >= 4 is 11.5 Å². The summed E-state index contributed by atoms with van der Waals surface area (Å²) >= 11 is 0. The maximum absolute atomic E-state index is 10.4. The molecule has 0 radical (unpaired) electrons. The Bertz CT molecular complexity index is 301. The molecule has 0 bridgehead atoms. The van der Waals surface area contributed by atoms with Crippen molar-refractivity contribution in [2.45, 2.75) is 0 Å². The molecule has 0 saturated heterocycles. The number of rotatable bonds is 2. The molecular weight excluding hydrogens is 144 g/mol. The van der Waals surface area contributed by atoms with Gasteiger partial charge in [-0.25, -0.2) is 4.79 Å². The lowest BCUT2D eigenvalue weighted by molar-refractivity contribution is -0.130. The Labute approximate surface area is 63.8 Å². The first-order valence-electron chi connectivity index (χ1n) is 3.02. The van der Waals surface area contributed by atoms with Gasteiger partial charge in [0.15, 0.2) is 0 Å². The Morgan fingerprint density at radius 3 is 2.82 bits per heavy atom. The van der Waals surface area contributed by atoms with Gasteiger partial charge >= 0.3 is 5.97 Å². The Balaban J connectivity index is 2.94. The van der Waals surface area contributed by atoms with Crippen molar-refractivity contribution in [2.75, 3.05) is 0 Å². The van der Waals surface area contributed by atoms with E-state index in [9.17, 15) is 4.79 Å². The van der Waals surface area contributed by atoms with Crippen LogP contribution in [0.1, 0.15) is 5.56 Å². The highest BCUT2D eigenvalue weighted by atomic mass is 16.4. The Kier molecular flexibility index (Phi) is 1.76. The smallest absolute Gasteiger partial charge is 0.335 e. The molecule has 0 atom stereocenters. The van der Waals surface area contributed by atoms with Gasteiger partial charge in [0, 0.05) is 18.8 Å². The number of hydrogen-bond donors (Lipinski definition) is 1. The maximum Gasteiger partial charge on any atom is 0.335 e. The van der Waals surface area contributed by atoms with Crippen LogP contribution in [0.15, 0.2) is 19.0 Å². The van der Waals surface area contributed by atoms with Crippen molar-refractivity contribution in [3.8, 4) is 0 Å². The minimum atomic E-state index is -1.02. The highest BCUT2D eigenvalue weighted by molar-refractivity contribution is 6.14. The van der Waals surface area contributed by atoms with Crippen molar-refractivity contribution in [1.29, 1.82) is 0 Å². The van der Waals surface area contributed by atoms with Crippen LogP contribution in [0, 0.1) is 0 Å². The van der Waals surface area contributed by atoms with E-state index in [1.54, 1.807) is 13.2 Å². The molecule has 0 aliphatic heterocycles. The number of nitrogens with zero attached hydrogens (tertiary/aromatic N) is 2. The molecule has 4 nitrogen and oxygen atoms in total. The summed E-state index contributed by atoms with van der Waals surface area (Å²) in [6.07, 6.45) is 3.08. The van der Waals surface area contributed by atoms with E-state index < -0.39 is 5.97 Å². The number of aromatic nitrogens is 2. The Morgan fingerprint density at radius 1 is 1.82 bits per heavy atom. The second-order valence-corrected chi connectivity index (χ2v) is 2.19. The lowest BCUT2D eigenvalue weighted by atomic mass is 10.2. The van der Waals surface area contributed by atoms with Crippen molar-refractivity contribution < 1.29 is 9.90 Å². The largest absolute Gasteiger partial charge is 0.478 e. The van der Waals surface area contributed by atoms with Gasteiger partial charge in [-0.3, -0.25) is 4.68 Å². The lowest BCUT2D eigenvalue weighted by Gasteiger charge is -1.91. The van der Waals surface area contributed by atoms with Crippen LogP contribution in [0.25, 0.3) is 5.57 Å². The van der Waals surface area contributed by atoms with Crippen LogP contribution in [0.3, 0.4) is 0 Å². The molecule has 0 aliphatic rings. The van der Waals surface area contributed by atoms with Gasteiger partial charge in [0.05, 0.1) is 11.8 Å². The van der Waals surface area contributed by atoms with E-state index in [2.05, 4.69) is 11.7 Å². The van der Waals surface area contributed by atoms with Crippen LogP contribution in [0.4, 0.5) is 0 Å². The summed E-state index contributed by atoms with van der Waals surface area (Å²) in [5.41, 5.74) is 0.609. The summed E-state index contributed by atoms with van der Waals surface area (Å²) in [6, 6.07) is 0. The fraction of sp³-hybridized carbons (Fsp3) is 0.143. The lowest BCUT2D eigenvalue weighted by Crippen LogP contribution is -1.96. The third-order valence-corrected chi connectivity index (χ3v) is 1.31. The van der Waals surface area contributed by atoms with Gasteiger partial charge in [-0.05, 0) is 0 Å². The van der Waals surface area contributed by atoms with Gasteiger partial charge in [-0.1, -0.05) is 6.58 Å². The van der Waals surface area contributed by atoms with Gasteiger partial charge in [-0.2, -0.15) is 5.10 Å². The summed E-state index contributed by atoms with van der Waals surface area (Å²) < 4.78 is 1.53. The average molecular weight is 152 g/mol. The van der Waals surface area contributed by atoms with Crippen LogP contribution in [-0.2, 0) is 11.8 Å². The molecule has 4 heteroatoms. The highest BCUT2D eigenvalue weighted by Crippen LogP contribution is 2.09. The molecule has 0 aromatic carbocycles. The predicted octanol–water partition coefficient (Wildman–Crippen LogP) is 0.518. The average Bonchev–Trinajstić information content (AvgIpc) is 2.34. The highest BCUT2D eigenvalue weighted by Gasteiger charge is 2.07. The molecule has 0 unspecified atom stereocenters. The maximum atomic E-state index is 10.4. The van der Waals surface area contributed by atoms with E-state index in [4.69, 9.17) is 5.11 Å². The van der Waals surface area contributed by atoms with Gasteiger partial charge < -0.3 is 5.11 Å². The molecule has 11 heavy (non-hydrogen) atoms. The van der Waals surface area contributed by atoms with Gasteiger partial charge in [-0.15, -0.1) is 0 Å². The SMILES string of the molecule is C=C(C(=O)O)c1cnn(C)c1. The summed E-state index contributed by atoms with van der Waals surface area (Å²) in [5.74, 6) is -1.02. The number of aliphatic carboxylic acids is 1. The van der Waals surface area contributed by atoms with Gasteiger partial charge in [0.2, 0.25) is 0 Å². The number of aryl methyl sites for hydroxylation is 1. The summed E-state index contributed by atoms with van der Waals surface area (Å²) in [7, 11) is 1.72. The zero-order valence-electron chi connectivity index (χ0n) is 6.11. The number of carbonyl (C=O) groups is 1. The fourth-order valence-electron chi connectivity index (χ4n) is 0.701. The van der Waals surface area contributed by atoms with E-state index in [1.807, 2.05) is 0 Å². The standard InChI is InChI=1S/C7H8N2O2/c1-5(7(10)11)6-3-8-9(2)4-6/h3-4H,1H2,2H3,(H,10,11). The molecule has 0 saturated carbocycles. The molecule has 1 heterocycles. The first kappa shape index (κ1) is 7.53. The van der Waals surface area contributed by atoms with Gasteiger partial charge in [0.1, 0.15) is 0 Å². The van der Waals surface area contributed by atoms with Crippen LogP contribution in [0.2, 0.25) is 0 Å². The van der Waals surface area contributed by atoms with Gasteiger partial charge in [0.25, 0.3) is 0 Å². The minimum Gasteiger partial charge on any atom is -0.478 e. The third kappa shape index (κ3) is 1.46. The number of hydrogen-bond acceptors (Lipinski definition) is 2. The van der Waals surface area contributed by atoms with Crippen LogP contribution >= 0.6 is 0 Å². The molecule has 1 N–H and O–H groups in total. The predicted molar refractivity (Wildman–Crippen MR) is 39.9 cm³/mol. The summed E-state index contributed by atoms with van der Waals surface area (Å²) in [6.45, 7) is 3.38. The monoisotopic (exact) mass is 152 g/mol. The minimum absolute atomic E-state index is 0.0677. The number of carboxylic acids is 1. The molecule has 1 aromatic rings. The molecule has 1 aromatic heterocycles. The number of carboxylic acid groups (broad SMARTS) is 1. The molecule has 0 spiro atoms. The quantitative estimate of drug-likeness (QED) is 0.628. The second-order valence-electron chi connectivity index (χ2n) is 2.19. The van der Waals surface area contributed by atoms with Crippen molar-refractivity contribution in [3.05, 3.63) is 24.5 Å². The molecular formula is C7H8N2O2. The van der Waals surface area contributed by atoms with E-state index in [-0.39, 0.29) is 5.57 Å². The van der Waals surface area contributed by atoms with Crippen molar-refractivity contribution in [2.24, 2.45) is 7.05 Å². The van der Waals surface area contributed by atoms with E-state index in [0.717, 1.165) is 0 Å². The normalized spacial score (nSPS) is 9.55. The van der Waals surface area contributed by atoms with Crippen LogP contribution < -0.4 is 0 Å². The Hall–Kier alpha value is -1.58. The molecule has 1 rings (SSSR count). The zero-order valence-corrected chi connectivity index (χ0v) is 6.11. The van der Waals surface area contributed by atoms with E-state index in [0.29, 0.717) is 5.56 Å². The first-order chi connectivity index (χ1) is 5.11. The molecule has 0 fully saturated rings. The molecule has 0 aliphatic carbocycles. The third-order valence-electron chi connectivity index (χ3n) is 1.31.